The summed E-state index contributed by atoms with van der Waals surface area (Å²) in [7, 11) is 0. The van der Waals surface area contributed by atoms with Gasteiger partial charge in [0.15, 0.2) is 0 Å². The summed E-state index contributed by atoms with van der Waals surface area (Å²) in [6.45, 7) is 4.32. The number of H-pyrrole nitrogens is 2. The summed E-state index contributed by atoms with van der Waals surface area (Å²) in [5, 5.41) is 11.3. The van der Waals surface area contributed by atoms with E-state index < -0.39 is 47.8 Å². The molecule has 4 amide bonds. The molecule has 0 fully saturated rings. The van der Waals surface area contributed by atoms with Crippen molar-refractivity contribution in [2.45, 2.75) is 76.7 Å². The van der Waals surface area contributed by atoms with E-state index in [9.17, 15) is 24.0 Å². The maximum absolute atomic E-state index is 13.8. The quantitative estimate of drug-likeness (QED) is 0.0772. The molecule has 0 bridgehead atoms. The van der Waals surface area contributed by atoms with Gasteiger partial charge in [0.1, 0.15) is 18.1 Å². The van der Waals surface area contributed by atoms with Gasteiger partial charge in [0.2, 0.25) is 23.6 Å². The molecule has 0 saturated heterocycles. The van der Waals surface area contributed by atoms with E-state index in [1.54, 1.807) is 18.2 Å². The second-order valence-electron chi connectivity index (χ2n) is 12.9. The Bertz CT molecular complexity index is 1770. The Kier molecular flexibility index (Phi) is 13.9. The summed E-state index contributed by atoms with van der Waals surface area (Å²) in [6, 6.07) is 20.1. The number of aromatic nitrogens is 2. The van der Waals surface area contributed by atoms with Crippen molar-refractivity contribution in [1.29, 1.82) is 0 Å². The van der Waals surface area contributed by atoms with Gasteiger partial charge in [-0.2, -0.15) is 0 Å². The molecule has 4 atom stereocenters. The molecule has 0 aliphatic heterocycles. The molecule has 0 aliphatic rings. The third-order valence-corrected chi connectivity index (χ3v) is 8.27. The molecule has 1 heterocycles. The third kappa shape index (κ3) is 11.4. The van der Waals surface area contributed by atoms with E-state index in [0.717, 1.165) is 16.7 Å². The van der Waals surface area contributed by atoms with Crippen molar-refractivity contribution in [3.05, 3.63) is 106 Å². The minimum Gasteiger partial charge on any atom is -0.350 e. The fraction of sp³-hybridized carbons (Fsp3) is 0.378. The van der Waals surface area contributed by atoms with E-state index in [2.05, 4.69) is 31.2 Å². The van der Waals surface area contributed by atoms with Gasteiger partial charge >= 0.3 is 5.69 Å². The van der Waals surface area contributed by atoms with Crippen molar-refractivity contribution in [2.24, 2.45) is 17.4 Å². The number of amides is 4. The summed E-state index contributed by atoms with van der Waals surface area (Å²) >= 11 is 0. The van der Waals surface area contributed by atoms with Crippen LogP contribution in [0.5, 0.6) is 0 Å². The molecule has 50 heavy (non-hydrogen) atoms. The van der Waals surface area contributed by atoms with Gasteiger partial charge in [0, 0.05) is 13.0 Å². The van der Waals surface area contributed by atoms with Crippen LogP contribution in [0.2, 0.25) is 0 Å². The fourth-order valence-electron chi connectivity index (χ4n) is 5.64. The number of hydrogen-bond donors (Lipinski definition) is 8. The highest BCUT2D eigenvalue weighted by atomic mass is 16.2. The number of benzene rings is 3. The van der Waals surface area contributed by atoms with Gasteiger partial charge in [-0.3, -0.25) is 19.2 Å². The molecule has 13 heteroatoms. The predicted octanol–water partition coefficient (Wildman–Crippen LogP) is 1.52. The zero-order chi connectivity index (χ0) is 36.0. The number of imidazole rings is 1. The SMILES string of the molecule is CC(C)C[C@@H](NC(=O)[C@@H](Cc1ccccc1)NC(=O)[C@H](N)Cc1ccccc1)C(=O)N[C@H](CCCN)C(=O)NCc1ccc2[nH]c(=O)[nH]c2c1. The van der Waals surface area contributed by atoms with Crippen LogP contribution < -0.4 is 38.4 Å². The van der Waals surface area contributed by atoms with Crippen LogP contribution in [-0.2, 0) is 38.6 Å². The molecule has 266 valence electrons. The average Bonchev–Trinajstić information content (AvgIpc) is 3.48. The lowest BCUT2D eigenvalue weighted by Gasteiger charge is -2.27. The maximum atomic E-state index is 13.8. The minimum absolute atomic E-state index is 0.0126. The zero-order valence-corrected chi connectivity index (χ0v) is 28.5. The van der Waals surface area contributed by atoms with Gasteiger partial charge in [-0.1, -0.05) is 80.6 Å². The first-order chi connectivity index (χ1) is 24.0. The van der Waals surface area contributed by atoms with Crippen molar-refractivity contribution >= 4 is 34.7 Å². The Hall–Kier alpha value is -5.27. The third-order valence-electron chi connectivity index (χ3n) is 8.27. The lowest BCUT2D eigenvalue weighted by Crippen LogP contribution is -2.58. The first kappa shape index (κ1) is 37.5. The number of aromatic amines is 2. The van der Waals surface area contributed by atoms with Crippen LogP contribution in [0.15, 0.2) is 83.7 Å². The van der Waals surface area contributed by atoms with Crippen LogP contribution in [0.25, 0.3) is 11.0 Å². The summed E-state index contributed by atoms with van der Waals surface area (Å²) in [5.41, 5.74) is 15.4. The normalized spacial score (nSPS) is 13.6. The molecule has 0 radical (unpaired) electrons. The summed E-state index contributed by atoms with van der Waals surface area (Å²) in [6.07, 6.45) is 1.52. The van der Waals surface area contributed by atoms with Gasteiger partial charge in [-0.15, -0.1) is 0 Å². The Labute approximate surface area is 291 Å². The first-order valence-corrected chi connectivity index (χ1v) is 17.0. The molecule has 0 saturated carbocycles. The molecule has 4 rings (SSSR count). The van der Waals surface area contributed by atoms with Crippen LogP contribution >= 0.6 is 0 Å². The second-order valence-corrected chi connectivity index (χ2v) is 12.9. The van der Waals surface area contributed by atoms with E-state index in [4.69, 9.17) is 11.5 Å². The topological polar surface area (TPSA) is 217 Å². The van der Waals surface area contributed by atoms with Crippen molar-refractivity contribution in [3.63, 3.8) is 0 Å². The van der Waals surface area contributed by atoms with Crippen LogP contribution in [0, 0.1) is 5.92 Å². The average molecular weight is 685 g/mol. The Balaban J connectivity index is 1.45. The minimum atomic E-state index is -1.02. The highest BCUT2D eigenvalue weighted by molar-refractivity contribution is 5.95. The molecule has 0 unspecified atom stereocenters. The fourth-order valence-corrected chi connectivity index (χ4v) is 5.64. The number of rotatable bonds is 18. The van der Waals surface area contributed by atoms with Crippen LogP contribution in [0.3, 0.4) is 0 Å². The van der Waals surface area contributed by atoms with E-state index in [0.29, 0.717) is 24.0 Å². The van der Waals surface area contributed by atoms with Gasteiger partial charge in [0.25, 0.3) is 0 Å². The molecular formula is C37H48N8O5. The maximum Gasteiger partial charge on any atom is 0.323 e. The molecular weight excluding hydrogens is 636 g/mol. The number of fused-ring (bicyclic) bond motifs is 1. The lowest BCUT2D eigenvalue weighted by molar-refractivity contribution is -0.134. The molecule has 4 aromatic rings. The number of nitrogens with one attached hydrogen (secondary N) is 6. The van der Waals surface area contributed by atoms with Crippen LogP contribution in [-0.4, -0.2) is 64.3 Å². The smallest absolute Gasteiger partial charge is 0.323 e. The van der Waals surface area contributed by atoms with Crippen LogP contribution in [0.4, 0.5) is 0 Å². The monoisotopic (exact) mass is 684 g/mol. The Morgan fingerprint density at radius 1 is 0.680 bits per heavy atom. The van der Waals surface area contributed by atoms with Crippen molar-refractivity contribution in [1.82, 2.24) is 31.2 Å². The first-order valence-electron chi connectivity index (χ1n) is 17.0. The standard InChI is InChI=1S/C37H48N8O5/c1-23(2)18-31(35(48)41-29(14-9-17-38)34(47)40-22-26-15-16-28-30(21-26)45-37(50)44-28)43-36(49)32(20-25-12-7-4-8-13-25)42-33(46)27(39)19-24-10-5-3-6-11-24/h3-8,10-13,15-16,21,23,27,29,31-32H,9,14,17-20,22,38-39H2,1-2H3,(H,40,47)(H,41,48)(H,42,46)(H,43,49)(H2,44,45,50)/t27-,29-,31-,32-/m1/s1. The van der Waals surface area contributed by atoms with Crippen molar-refractivity contribution in [2.75, 3.05) is 6.54 Å². The second kappa shape index (κ2) is 18.5. The summed E-state index contributed by atoms with van der Waals surface area (Å²) in [5.74, 6) is -1.96. The highest BCUT2D eigenvalue weighted by Crippen LogP contribution is 2.12. The molecule has 10 N–H and O–H groups in total. The summed E-state index contributed by atoms with van der Waals surface area (Å²) in [4.78, 5) is 71.2. The molecule has 13 nitrogen and oxygen atoms in total. The molecule has 1 aromatic heterocycles. The van der Waals surface area contributed by atoms with E-state index >= 15 is 0 Å². The number of nitrogens with two attached hydrogens (primary N) is 2. The number of hydrogen-bond acceptors (Lipinski definition) is 7. The van der Waals surface area contributed by atoms with E-state index in [1.165, 1.54) is 0 Å². The van der Waals surface area contributed by atoms with Crippen molar-refractivity contribution < 1.29 is 19.2 Å². The van der Waals surface area contributed by atoms with E-state index in [1.807, 2.05) is 74.5 Å². The van der Waals surface area contributed by atoms with Crippen molar-refractivity contribution in [3.8, 4) is 0 Å². The molecule has 0 spiro atoms. The number of carbonyl (C=O) groups is 4. The van der Waals surface area contributed by atoms with Gasteiger partial charge in [0.05, 0.1) is 17.1 Å². The largest absolute Gasteiger partial charge is 0.350 e. The molecule has 3 aromatic carbocycles. The Morgan fingerprint density at radius 2 is 1.26 bits per heavy atom. The Morgan fingerprint density at radius 3 is 1.90 bits per heavy atom. The van der Waals surface area contributed by atoms with Gasteiger partial charge < -0.3 is 42.7 Å². The highest BCUT2D eigenvalue weighted by Gasteiger charge is 2.31. The predicted molar refractivity (Wildman–Crippen MR) is 193 cm³/mol. The molecule has 0 aliphatic carbocycles. The van der Waals surface area contributed by atoms with E-state index in [-0.39, 0.29) is 43.8 Å². The van der Waals surface area contributed by atoms with Gasteiger partial charge in [-0.25, -0.2) is 4.79 Å². The van der Waals surface area contributed by atoms with Gasteiger partial charge in [-0.05, 0) is 67.0 Å². The zero-order valence-electron chi connectivity index (χ0n) is 28.5. The lowest BCUT2D eigenvalue weighted by atomic mass is 10.00. The number of carbonyl (C=O) groups excluding carboxylic acids is 4. The van der Waals surface area contributed by atoms with Crippen LogP contribution in [0.1, 0.15) is 49.8 Å². The summed E-state index contributed by atoms with van der Waals surface area (Å²) < 4.78 is 0.